The lowest BCUT2D eigenvalue weighted by Gasteiger charge is -2.19. The second kappa shape index (κ2) is 15.5. The number of allylic oxidation sites excluding steroid dienone is 1. The first kappa shape index (κ1) is 31.2. The molecule has 1 atom stereocenters. The molecule has 41 heavy (non-hydrogen) atoms. The maximum Gasteiger partial charge on any atom is 0.252 e. The highest BCUT2D eigenvalue weighted by Crippen LogP contribution is 2.35. The van der Waals surface area contributed by atoms with Crippen molar-refractivity contribution in [1.82, 2.24) is 5.43 Å². The van der Waals surface area contributed by atoms with Crippen molar-refractivity contribution in [2.75, 3.05) is 19.0 Å². The van der Waals surface area contributed by atoms with Crippen molar-refractivity contribution in [3.8, 4) is 17.2 Å². The first-order valence-electron chi connectivity index (χ1n) is 13.3. The van der Waals surface area contributed by atoms with E-state index >= 15 is 0 Å². The first-order chi connectivity index (χ1) is 19.8. The minimum Gasteiger partial charge on any atom is -0.497 e. The molecule has 2 amide bonds. The van der Waals surface area contributed by atoms with Crippen molar-refractivity contribution in [3.63, 3.8) is 0 Å². The van der Waals surface area contributed by atoms with Crippen LogP contribution in [0.15, 0.2) is 78.4 Å². The Bertz CT molecular complexity index is 1370. The Kier molecular flexibility index (Phi) is 11.8. The number of halogens is 1. The van der Waals surface area contributed by atoms with E-state index < -0.39 is 17.7 Å². The van der Waals surface area contributed by atoms with Crippen LogP contribution in [0.5, 0.6) is 17.2 Å². The Morgan fingerprint density at radius 3 is 2.39 bits per heavy atom. The minimum atomic E-state index is -0.954. The normalized spacial score (nSPS) is 11.7. The number of carbonyl (C=O) groups excluding carboxylic acids is 2. The van der Waals surface area contributed by atoms with Crippen molar-refractivity contribution in [2.45, 2.75) is 33.8 Å². The van der Waals surface area contributed by atoms with Crippen LogP contribution in [-0.2, 0) is 22.6 Å². The van der Waals surface area contributed by atoms with Crippen LogP contribution in [0.3, 0.4) is 0 Å². The number of methoxy groups -OCH3 is 1. The van der Waals surface area contributed by atoms with Gasteiger partial charge in [-0.25, -0.2) is 5.43 Å². The number of hydrogen-bond acceptors (Lipinski definition) is 6. The van der Waals surface area contributed by atoms with Crippen LogP contribution in [0, 0.1) is 11.8 Å². The molecule has 0 aromatic heterocycles. The van der Waals surface area contributed by atoms with Crippen LogP contribution in [0.1, 0.15) is 37.5 Å². The standard InChI is InChI=1S/C32H36ClN3O5/c1-6-10-23-17-22(18-28(40-7-2)30(23)41-20-24-11-8-9-12-27(24)33)19-34-36-32(38)29(21(3)4)31(37)35-25-13-15-26(39-5)16-14-25/h6,8-9,11-19,21,29H,1,7,10,20H2,2-5H3,(H,35,37)(H,36,38). The third kappa shape index (κ3) is 8.85. The van der Waals surface area contributed by atoms with Gasteiger partial charge < -0.3 is 19.5 Å². The molecule has 0 spiro atoms. The van der Waals surface area contributed by atoms with Gasteiger partial charge in [-0.3, -0.25) is 9.59 Å². The molecule has 0 heterocycles. The zero-order valence-electron chi connectivity index (χ0n) is 23.8. The van der Waals surface area contributed by atoms with Crippen LogP contribution in [0.4, 0.5) is 5.69 Å². The number of anilines is 1. The molecule has 0 saturated carbocycles. The smallest absolute Gasteiger partial charge is 0.252 e. The lowest BCUT2D eigenvalue weighted by molar-refractivity contribution is -0.134. The number of hydrazone groups is 1. The molecule has 0 aliphatic rings. The molecular weight excluding hydrogens is 542 g/mol. The number of nitrogens with zero attached hydrogens (tertiary/aromatic N) is 1. The summed E-state index contributed by atoms with van der Waals surface area (Å²) in [6.07, 6.45) is 3.79. The van der Waals surface area contributed by atoms with Gasteiger partial charge in [0.25, 0.3) is 5.91 Å². The zero-order chi connectivity index (χ0) is 29.8. The summed E-state index contributed by atoms with van der Waals surface area (Å²) in [7, 11) is 1.57. The van der Waals surface area contributed by atoms with E-state index in [1.54, 1.807) is 57.4 Å². The summed E-state index contributed by atoms with van der Waals surface area (Å²) in [6, 6.07) is 18.0. The molecule has 0 saturated heterocycles. The number of rotatable bonds is 14. The van der Waals surface area contributed by atoms with E-state index in [1.807, 2.05) is 37.3 Å². The van der Waals surface area contributed by atoms with Gasteiger partial charge >= 0.3 is 0 Å². The number of hydrogen-bond donors (Lipinski definition) is 2. The van der Waals surface area contributed by atoms with Gasteiger partial charge in [0.15, 0.2) is 11.5 Å². The molecule has 3 rings (SSSR count). The van der Waals surface area contributed by atoms with Gasteiger partial charge in [-0.05, 0) is 67.3 Å². The summed E-state index contributed by atoms with van der Waals surface area (Å²) >= 11 is 6.30. The summed E-state index contributed by atoms with van der Waals surface area (Å²) in [5.41, 5.74) is 5.44. The molecule has 9 heteroatoms. The fraction of sp³-hybridized carbons (Fsp3) is 0.281. The van der Waals surface area contributed by atoms with Crippen molar-refractivity contribution in [1.29, 1.82) is 0 Å². The molecule has 216 valence electrons. The molecule has 2 N–H and O–H groups in total. The highest BCUT2D eigenvalue weighted by molar-refractivity contribution is 6.31. The number of nitrogens with one attached hydrogen (secondary N) is 2. The van der Waals surface area contributed by atoms with E-state index in [0.29, 0.717) is 46.5 Å². The van der Waals surface area contributed by atoms with Gasteiger partial charge in [0.1, 0.15) is 18.3 Å². The van der Waals surface area contributed by atoms with E-state index in [1.165, 1.54) is 6.21 Å². The van der Waals surface area contributed by atoms with Gasteiger partial charge in [0, 0.05) is 21.8 Å². The van der Waals surface area contributed by atoms with Crippen LogP contribution in [0.2, 0.25) is 5.02 Å². The van der Waals surface area contributed by atoms with Crippen LogP contribution in [0.25, 0.3) is 0 Å². The second-order valence-electron chi connectivity index (χ2n) is 9.49. The molecule has 0 fully saturated rings. The summed E-state index contributed by atoms with van der Waals surface area (Å²) in [6.45, 7) is 10.0. The molecule has 3 aromatic rings. The van der Waals surface area contributed by atoms with E-state index in [9.17, 15) is 9.59 Å². The minimum absolute atomic E-state index is 0.262. The van der Waals surface area contributed by atoms with Gasteiger partial charge in [0.2, 0.25) is 5.91 Å². The number of ether oxygens (including phenoxy) is 3. The highest BCUT2D eigenvalue weighted by atomic mass is 35.5. The van der Waals surface area contributed by atoms with E-state index in [-0.39, 0.29) is 12.5 Å². The first-order valence-corrected chi connectivity index (χ1v) is 13.7. The molecule has 0 radical (unpaired) electrons. The van der Waals surface area contributed by atoms with Gasteiger partial charge in [-0.15, -0.1) is 6.58 Å². The quantitative estimate of drug-likeness (QED) is 0.0997. The van der Waals surface area contributed by atoms with Gasteiger partial charge in [0.05, 0.1) is 19.9 Å². The van der Waals surface area contributed by atoms with Crippen LogP contribution >= 0.6 is 11.6 Å². The predicted octanol–water partition coefficient (Wildman–Crippen LogP) is 6.42. The fourth-order valence-electron chi connectivity index (χ4n) is 4.12. The fourth-order valence-corrected chi connectivity index (χ4v) is 4.31. The van der Waals surface area contributed by atoms with E-state index in [2.05, 4.69) is 22.4 Å². The number of benzene rings is 3. The van der Waals surface area contributed by atoms with Crippen LogP contribution in [-0.4, -0.2) is 31.7 Å². The predicted molar refractivity (Wildman–Crippen MR) is 163 cm³/mol. The maximum atomic E-state index is 13.0. The molecule has 0 aliphatic carbocycles. The average molecular weight is 578 g/mol. The van der Waals surface area contributed by atoms with Gasteiger partial charge in [-0.1, -0.05) is 49.7 Å². The summed E-state index contributed by atoms with van der Waals surface area (Å²) < 4.78 is 17.2. The Hall–Kier alpha value is -4.30. The molecule has 1 unspecified atom stereocenters. The zero-order valence-corrected chi connectivity index (χ0v) is 24.5. The molecule has 0 bridgehead atoms. The van der Waals surface area contributed by atoms with Crippen LogP contribution < -0.4 is 25.0 Å². The summed E-state index contributed by atoms with van der Waals surface area (Å²) in [5, 5.41) is 7.54. The number of amides is 2. The summed E-state index contributed by atoms with van der Waals surface area (Å²) in [5.74, 6) is -0.372. The molecule has 8 nitrogen and oxygen atoms in total. The van der Waals surface area contributed by atoms with Crippen molar-refractivity contribution in [3.05, 3.63) is 95.0 Å². The Morgan fingerprint density at radius 2 is 1.76 bits per heavy atom. The van der Waals surface area contributed by atoms with Crippen molar-refractivity contribution < 1.29 is 23.8 Å². The second-order valence-corrected chi connectivity index (χ2v) is 9.89. The van der Waals surface area contributed by atoms with Crippen molar-refractivity contribution >= 4 is 35.3 Å². The summed E-state index contributed by atoms with van der Waals surface area (Å²) in [4.78, 5) is 25.9. The third-order valence-electron chi connectivity index (χ3n) is 6.13. The molecule has 3 aromatic carbocycles. The van der Waals surface area contributed by atoms with E-state index in [0.717, 1.165) is 11.1 Å². The third-order valence-corrected chi connectivity index (χ3v) is 6.49. The average Bonchev–Trinajstić information content (AvgIpc) is 2.94. The number of carbonyl (C=O) groups is 2. The van der Waals surface area contributed by atoms with Crippen molar-refractivity contribution in [2.24, 2.45) is 16.9 Å². The lowest BCUT2D eigenvalue weighted by atomic mass is 9.94. The lowest BCUT2D eigenvalue weighted by Crippen LogP contribution is -2.39. The topological polar surface area (TPSA) is 98.3 Å². The van der Waals surface area contributed by atoms with Gasteiger partial charge in [-0.2, -0.15) is 5.10 Å². The monoisotopic (exact) mass is 577 g/mol. The Balaban J connectivity index is 1.76. The Morgan fingerprint density at radius 1 is 1.02 bits per heavy atom. The highest BCUT2D eigenvalue weighted by Gasteiger charge is 2.30. The molecule has 0 aliphatic heterocycles. The maximum absolute atomic E-state index is 13.0. The molecular formula is C32H36ClN3O5. The SMILES string of the molecule is C=CCc1cc(C=NNC(=O)C(C(=O)Nc2ccc(OC)cc2)C(C)C)cc(OCC)c1OCc1ccccc1Cl. The van der Waals surface area contributed by atoms with E-state index in [4.69, 9.17) is 25.8 Å². The largest absolute Gasteiger partial charge is 0.497 e. The Labute approximate surface area is 246 Å².